The van der Waals surface area contributed by atoms with E-state index in [0.29, 0.717) is 10.5 Å². The van der Waals surface area contributed by atoms with Crippen molar-refractivity contribution in [3.8, 4) is 0 Å². The fraction of sp³-hybridized carbons (Fsp3) is 0.200. The van der Waals surface area contributed by atoms with Gasteiger partial charge in [-0.1, -0.05) is 36.4 Å². The average Bonchev–Trinajstić information content (AvgIpc) is 2.97. The molecule has 10 heteroatoms. The molecule has 0 saturated carbocycles. The predicted molar refractivity (Wildman–Crippen MR) is 102 cm³/mol. The Bertz CT molecular complexity index is 1050. The number of likely N-dealkylation sites (N-methyl/N-ethyl adjacent to an activating group) is 1. The van der Waals surface area contributed by atoms with E-state index in [1.165, 1.54) is 31.1 Å². The molecule has 0 spiro atoms. The molecule has 0 bridgehead atoms. The van der Waals surface area contributed by atoms with Gasteiger partial charge in [0.2, 0.25) is 6.10 Å². The van der Waals surface area contributed by atoms with Gasteiger partial charge in [-0.2, -0.15) is 0 Å². The molecule has 1 atom stereocenters. The minimum Gasteiger partial charge on any atom is -0.446 e. The highest BCUT2D eigenvalue weighted by Gasteiger charge is 2.42. The molecule has 0 aliphatic carbocycles. The summed E-state index contributed by atoms with van der Waals surface area (Å²) in [5, 5.41) is 11.2. The van der Waals surface area contributed by atoms with Crippen LogP contribution in [0.2, 0.25) is 0 Å². The molecule has 3 rings (SSSR count). The smallest absolute Gasteiger partial charge is 0.327 e. The SMILES string of the molecule is CN(C)C(=O)[C@H](OC(=O)CN1C(=O)c2cccc([N+](=O)[O-])c2C1=O)c1ccccc1. The molecular weight excluding hydrogens is 394 g/mol. The van der Waals surface area contributed by atoms with Crippen LogP contribution in [-0.2, 0) is 14.3 Å². The van der Waals surface area contributed by atoms with Crippen LogP contribution in [0, 0.1) is 10.1 Å². The Balaban J connectivity index is 1.82. The third-order valence-electron chi connectivity index (χ3n) is 4.48. The number of nitro groups is 1. The molecule has 30 heavy (non-hydrogen) atoms. The number of nitrogens with zero attached hydrogens (tertiary/aromatic N) is 3. The standard InChI is InChI=1S/C20H17N3O7/c1-21(2)20(27)17(12-7-4-3-5-8-12)30-15(24)11-22-18(25)13-9-6-10-14(23(28)29)16(13)19(22)26/h3-10,17H,11H2,1-2H3/t17-/m1/s1. The van der Waals surface area contributed by atoms with E-state index in [1.807, 2.05) is 0 Å². The molecule has 154 valence electrons. The third-order valence-corrected chi connectivity index (χ3v) is 4.48. The minimum absolute atomic E-state index is 0.161. The van der Waals surface area contributed by atoms with Gasteiger partial charge in [0.1, 0.15) is 12.1 Å². The van der Waals surface area contributed by atoms with Gasteiger partial charge in [-0.05, 0) is 6.07 Å². The van der Waals surface area contributed by atoms with Gasteiger partial charge in [-0.15, -0.1) is 0 Å². The van der Waals surface area contributed by atoms with Crippen LogP contribution in [0.4, 0.5) is 5.69 Å². The van der Waals surface area contributed by atoms with Crippen LogP contribution < -0.4 is 0 Å². The first-order valence-corrected chi connectivity index (χ1v) is 8.81. The molecule has 2 aromatic carbocycles. The highest BCUT2D eigenvalue weighted by molar-refractivity contribution is 6.24. The maximum atomic E-state index is 12.6. The lowest BCUT2D eigenvalue weighted by Crippen LogP contribution is -2.38. The largest absolute Gasteiger partial charge is 0.446 e. The minimum atomic E-state index is -1.27. The number of nitro benzene ring substituents is 1. The number of hydrogen-bond donors (Lipinski definition) is 0. The van der Waals surface area contributed by atoms with Crippen molar-refractivity contribution in [2.45, 2.75) is 6.10 Å². The molecule has 0 saturated heterocycles. The Labute approximate surface area is 170 Å². The Hall–Kier alpha value is -4.08. The number of imide groups is 1. The molecule has 1 aliphatic heterocycles. The summed E-state index contributed by atoms with van der Waals surface area (Å²) in [5.41, 5.74) is -0.635. The van der Waals surface area contributed by atoms with Crippen LogP contribution in [0.15, 0.2) is 48.5 Å². The van der Waals surface area contributed by atoms with Gasteiger partial charge in [0.25, 0.3) is 23.4 Å². The van der Waals surface area contributed by atoms with Gasteiger partial charge >= 0.3 is 5.97 Å². The number of carbonyl (C=O) groups excluding carboxylic acids is 4. The molecule has 0 radical (unpaired) electrons. The number of amides is 3. The van der Waals surface area contributed by atoms with E-state index in [-0.39, 0.29) is 11.1 Å². The zero-order valence-corrected chi connectivity index (χ0v) is 16.1. The van der Waals surface area contributed by atoms with Crippen LogP contribution in [0.3, 0.4) is 0 Å². The second-order valence-electron chi connectivity index (χ2n) is 6.67. The van der Waals surface area contributed by atoms with Gasteiger partial charge < -0.3 is 9.64 Å². The van der Waals surface area contributed by atoms with E-state index in [1.54, 1.807) is 30.3 Å². The van der Waals surface area contributed by atoms with Crippen molar-refractivity contribution >= 4 is 29.4 Å². The number of esters is 1. The lowest BCUT2D eigenvalue weighted by atomic mass is 10.1. The van der Waals surface area contributed by atoms with Crippen LogP contribution in [0.25, 0.3) is 0 Å². The summed E-state index contributed by atoms with van der Waals surface area (Å²) < 4.78 is 5.28. The number of carbonyl (C=O) groups is 4. The van der Waals surface area contributed by atoms with E-state index in [0.717, 1.165) is 6.07 Å². The van der Waals surface area contributed by atoms with Crippen LogP contribution in [-0.4, -0.2) is 59.1 Å². The number of hydrogen-bond acceptors (Lipinski definition) is 7. The summed E-state index contributed by atoms with van der Waals surface area (Å²) in [7, 11) is 2.99. The Morgan fingerprint density at radius 3 is 2.33 bits per heavy atom. The maximum Gasteiger partial charge on any atom is 0.327 e. The summed E-state index contributed by atoms with van der Waals surface area (Å²) in [4.78, 5) is 62.3. The molecule has 2 aromatic rings. The highest BCUT2D eigenvalue weighted by Crippen LogP contribution is 2.31. The van der Waals surface area contributed by atoms with Crippen molar-refractivity contribution in [1.82, 2.24) is 9.80 Å². The van der Waals surface area contributed by atoms with E-state index < -0.39 is 47.0 Å². The second-order valence-corrected chi connectivity index (χ2v) is 6.67. The normalized spacial score (nSPS) is 13.6. The fourth-order valence-electron chi connectivity index (χ4n) is 3.03. The van der Waals surface area contributed by atoms with Crippen LogP contribution >= 0.6 is 0 Å². The van der Waals surface area contributed by atoms with Crippen LogP contribution in [0.1, 0.15) is 32.4 Å². The van der Waals surface area contributed by atoms with Crippen molar-refractivity contribution in [2.75, 3.05) is 20.6 Å². The molecule has 1 heterocycles. The first-order valence-electron chi connectivity index (χ1n) is 8.81. The van der Waals surface area contributed by atoms with E-state index in [9.17, 15) is 29.3 Å². The van der Waals surface area contributed by atoms with Crippen molar-refractivity contribution in [3.05, 3.63) is 75.3 Å². The molecule has 0 unspecified atom stereocenters. The van der Waals surface area contributed by atoms with Gasteiger partial charge in [0.05, 0.1) is 10.5 Å². The summed E-state index contributed by atoms with van der Waals surface area (Å²) in [5.74, 6) is -3.32. The summed E-state index contributed by atoms with van der Waals surface area (Å²) >= 11 is 0. The lowest BCUT2D eigenvalue weighted by Gasteiger charge is -2.22. The topological polar surface area (TPSA) is 127 Å². The monoisotopic (exact) mass is 411 g/mol. The zero-order chi connectivity index (χ0) is 22.0. The summed E-state index contributed by atoms with van der Waals surface area (Å²) in [6.45, 7) is -0.784. The summed E-state index contributed by atoms with van der Waals surface area (Å²) in [6.07, 6.45) is -1.27. The Morgan fingerprint density at radius 2 is 1.73 bits per heavy atom. The second kappa shape index (κ2) is 8.11. The Morgan fingerprint density at radius 1 is 1.07 bits per heavy atom. The third kappa shape index (κ3) is 3.75. The molecule has 0 N–H and O–H groups in total. The highest BCUT2D eigenvalue weighted by atomic mass is 16.6. The first kappa shape index (κ1) is 20.6. The fourth-order valence-corrected chi connectivity index (χ4v) is 3.03. The summed E-state index contributed by atoms with van der Waals surface area (Å²) in [6, 6.07) is 11.9. The van der Waals surface area contributed by atoms with Crippen molar-refractivity contribution in [1.29, 1.82) is 0 Å². The maximum absolute atomic E-state index is 12.6. The molecule has 10 nitrogen and oxygen atoms in total. The number of benzene rings is 2. The first-order chi connectivity index (χ1) is 14.2. The molecule has 3 amide bonds. The van der Waals surface area contributed by atoms with Gasteiger partial charge in [0, 0.05) is 25.7 Å². The van der Waals surface area contributed by atoms with Crippen molar-refractivity contribution in [2.24, 2.45) is 0 Å². The average molecular weight is 411 g/mol. The number of fused-ring (bicyclic) bond motifs is 1. The van der Waals surface area contributed by atoms with Gasteiger partial charge in [-0.3, -0.25) is 34.2 Å². The lowest BCUT2D eigenvalue weighted by molar-refractivity contribution is -0.385. The van der Waals surface area contributed by atoms with E-state index in [4.69, 9.17) is 4.74 Å². The zero-order valence-electron chi connectivity index (χ0n) is 16.1. The molecule has 0 aromatic heterocycles. The molecular formula is C20H17N3O7. The van der Waals surface area contributed by atoms with Gasteiger partial charge in [0.15, 0.2) is 0 Å². The quantitative estimate of drug-likeness (QED) is 0.305. The van der Waals surface area contributed by atoms with Crippen molar-refractivity contribution in [3.63, 3.8) is 0 Å². The van der Waals surface area contributed by atoms with Crippen LogP contribution in [0.5, 0.6) is 0 Å². The Kier molecular flexibility index (Phi) is 5.58. The van der Waals surface area contributed by atoms with E-state index in [2.05, 4.69) is 0 Å². The van der Waals surface area contributed by atoms with Gasteiger partial charge in [-0.25, -0.2) is 0 Å². The number of ether oxygens (including phenoxy) is 1. The number of rotatable bonds is 6. The molecule has 1 aliphatic rings. The predicted octanol–water partition coefficient (Wildman–Crippen LogP) is 1.56. The van der Waals surface area contributed by atoms with E-state index >= 15 is 0 Å². The molecule has 0 fully saturated rings. The van der Waals surface area contributed by atoms with Crippen molar-refractivity contribution < 1.29 is 28.8 Å².